The molecule has 23 N–H and O–H groups in total. The van der Waals surface area contributed by atoms with Gasteiger partial charge in [0.1, 0.15) is 72.9 Å². The van der Waals surface area contributed by atoms with Gasteiger partial charge >= 0.3 is 16.4 Å². The third kappa shape index (κ3) is 12.5. The Morgan fingerprint density at radius 3 is 1.95 bits per heavy atom. The highest BCUT2D eigenvalue weighted by Crippen LogP contribution is 2.67. The van der Waals surface area contributed by atoms with Crippen LogP contribution < -0.4 is 34.4 Å². The molecule has 8 rings (SSSR count). The van der Waals surface area contributed by atoms with Gasteiger partial charge in [-0.2, -0.15) is 8.42 Å². The van der Waals surface area contributed by atoms with Crippen molar-refractivity contribution in [2.45, 2.75) is 187 Å². The maximum Gasteiger partial charge on any atom is 0.394 e. The van der Waals surface area contributed by atoms with Crippen LogP contribution in [0.2, 0.25) is 0 Å². The Morgan fingerprint density at radius 1 is 0.773 bits per heavy atom. The third-order valence-corrected chi connectivity index (χ3v) is 16.6. The van der Waals surface area contributed by atoms with Gasteiger partial charge in [0.05, 0.1) is 30.9 Å². The van der Waals surface area contributed by atoms with Crippen LogP contribution in [0.4, 0.5) is 0 Å². The predicted molar refractivity (Wildman–Crippen MR) is 252 cm³/mol. The molecule has 0 bridgehead atoms. The second kappa shape index (κ2) is 24.0. The van der Waals surface area contributed by atoms with E-state index >= 15 is 0 Å². The molecule has 3 heterocycles. The van der Waals surface area contributed by atoms with Gasteiger partial charge in [0.2, 0.25) is 5.78 Å². The highest BCUT2D eigenvalue weighted by molar-refractivity contribution is 7.79. The van der Waals surface area contributed by atoms with E-state index in [9.17, 15) is 60.3 Å². The fraction of sp³-hybridized carbons (Fsp3) is 0.844. The molecule has 4 saturated carbocycles. The molecule has 0 aromatic carbocycles. The Morgan fingerprint density at radius 2 is 1.35 bits per heavy atom. The van der Waals surface area contributed by atoms with E-state index in [0.717, 1.165) is 18.4 Å². The standard InChI is InChI=1S/C23H30O6.C22H44N6O13.H2O4S/c1-13(24)29-12-19(27)23(28)9-7-17-16-5-4-14-10-15(25)6-8-21(14,2)20(16)18(26)11-22(17,23)3;23-2-6-11(31)12(32)8(26)20(36-6)38-16-5(25)1-4(24)10(30)18(16)40-22-15(35)17(7(3-29)37-22)39-21-9(27)13(33)14(34)19(28)41-21;1-5(2,3)4/h6,8,10,16-18,20,26,28H,4-5,7,9,11-12H2,1-3H3;4-22,29-35H,1-3,23-28H2;(H2,1,2,3,4)/t16-,17-,18-,20+,21-,22-,23-;4-,5+,6-,7-,8-,9-,10+,11-,12-,13-,14+,15-,16-,17-,18-,19+,20-,21?,22+;/m01./s1. The molecule has 5 aliphatic carbocycles. The van der Waals surface area contributed by atoms with Gasteiger partial charge in [-0.3, -0.25) is 23.5 Å². The molecule has 8 aliphatic rings. The van der Waals surface area contributed by atoms with Gasteiger partial charge in [0.25, 0.3) is 0 Å². The summed E-state index contributed by atoms with van der Waals surface area (Å²) in [4.78, 5) is 35.9. The number of ketones is 2. The van der Waals surface area contributed by atoms with Crippen LogP contribution in [0.3, 0.4) is 0 Å². The summed E-state index contributed by atoms with van der Waals surface area (Å²) in [5.74, 6) is -0.836. The molecule has 0 radical (unpaired) electrons. The summed E-state index contributed by atoms with van der Waals surface area (Å²) >= 11 is 0. The summed E-state index contributed by atoms with van der Waals surface area (Å²) in [6, 6.07) is -4.21. The van der Waals surface area contributed by atoms with Gasteiger partial charge in [-0.05, 0) is 62.5 Å². The molecule has 430 valence electrons. The number of esters is 1. The van der Waals surface area contributed by atoms with Crippen LogP contribution in [0, 0.1) is 28.6 Å². The van der Waals surface area contributed by atoms with E-state index in [1.807, 2.05) is 13.0 Å². The Hall–Kier alpha value is -2.68. The zero-order valence-electron chi connectivity index (χ0n) is 41.6. The number of carbonyl (C=O) groups is 3. The average Bonchev–Trinajstić information content (AvgIpc) is 3.78. The first kappa shape index (κ1) is 61.5. The van der Waals surface area contributed by atoms with Crippen LogP contribution in [0.15, 0.2) is 23.8 Å². The van der Waals surface area contributed by atoms with Gasteiger partial charge in [0, 0.05) is 42.3 Å². The molecule has 7 fully saturated rings. The van der Waals surface area contributed by atoms with Crippen LogP contribution in [0.5, 0.6) is 0 Å². The van der Waals surface area contributed by atoms with Gasteiger partial charge in [-0.15, -0.1) is 0 Å². The zero-order chi connectivity index (χ0) is 56.0. The minimum Gasteiger partial charge on any atom is -0.458 e. The largest absolute Gasteiger partial charge is 0.458 e. The predicted octanol–water partition coefficient (Wildman–Crippen LogP) is -7.46. The number of fused-ring (bicyclic) bond motifs is 5. The first-order valence-electron chi connectivity index (χ1n) is 24.6. The van der Waals surface area contributed by atoms with E-state index in [1.54, 1.807) is 12.2 Å². The number of Topliss-reactive ketones (excluding diaryl/α,β-unsaturated/α-hetero) is 1. The molecule has 0 amide bonds. The quantitative estimate of drug-likeness (QED) is 0.0675. The second-order valence-corrected chi connectivity index (χ2v) is 22.1. The summed E-state index contributed by atoms with van der Waals surface area (Å²) in [6.45, 7) is 3.99. The second-order valence-electron chi connectivity index (χ2n) is 21.2. The number of aliphatic hydroxyl groups excluding tert-OH is 8. The van der Waals surface area contributed by atoms with E-state index in [2.05, 4.69) is 6.92 Å². The highest BCUT2D eigenvalue weighted by Gasteiger charge is 2.68. The molecular formula is C45H76N6O23S. The van der Waals surface area contributed by atoms with E-state index in [-0.39, 0.29) is 41.9 Å². The number of hydrogen-bond acceptors (Lipinski definition) is 27. The van der Waals surface area contributed by atoms with Crippen molar-refractivity contribution in [3.63, 3.8) is 0 Å². The molecule has 30 heteroatoms. The van der Waals surface area contributed by atoms with Crippen molar-refractivity contribution in [2.75, 3.05) is 19.8 Å². The van der Waals surface area contributed by atoms with Crippen molar-refractivity contribution < 1.29 is 111 Å². The van der Waals surface area contributed by atoms with E-state index < -0.39 is 169 Å². The van der Waals surface area contributed by atoms with Gasteiger partial charge < -0.3 is 114 Å². The monoisotopic (exact) mass is 1100 g/mol. The Balaban J connectivity index is 0.000000234. The summed E-state index contributed by atoms with van der Waals surface area (Å²) in [5, 5.41) is 95.1. The smallest absolute Gasteiger partial charge is 0.394 e. The number of carbonyl (C=O) groups excluding carboxylic acids is 3. The number of hydrogen-bond donors (Lipinski definition) is 17. The molecule has 0 spiro atoms. The third-order valence-electron chi connectivity index (χ3n) is 16.6. The fourth-order valence-corrected chi connectivity index (χ4v) is 12.6. The van der Waals surface area contributed by atoms with Crippen LogP contribution >= 0.6 is 0 Å². The van der Waals surface area contributed by atoms with E-state index in [1.165, 1.54) is 6.92 Å². The molecule has 0 aromatic rings. The number of ether oxygens (including phenoxy) is 7. The summed E-state index contributed by atoms with van der Waals surface area (Å²) < 4.78 is 70.7. The minimum absolute atomic E-state index is 0.00243. The normalized spacial score (nSPS) is 48.4. The van der Waals surface area contributed by atoms with Crippen molar-refractivity contribution >= 4 is 27.9 Å². The van der Waals surface area contributed by atoms with Crippen LogP contribution in [-0.2, 0) is 57.9 Å². The first-order valence-corrected chi connectivity index (χ1v) is 26.0. The molecule has 75 heavy (non-hydrogen) atoms. The lowest BCUT2D eigenvalue weighted by atomic mass is 9.46. The summed E-state index contributed by atoms with van der Waals surface area (Å²) in [6.07, 6.45) is -12.9. The fourth-order valence-electron chi connectivity index (χ4n) is 12.6. The molecule has 0 aromatic heterocycles. The molecule has 29 nitrogen and oxygen atoms in total. The topological polar surface area (TPSA) is 529 Å². The number of allylic oxidation sites excluding steroid dienone is 4. The first-order chi connectivity index (χ1) is 34.8. The van der Waals surface area contributed by atoms with Crippen LogP contribution in [0.1, 0.15) is 59.3 Å². The summed E-state index contributed by atoms with van der Waals surface area (Å²) in [7, 11) is -4.67. The molecule has 3 saturated heterocycles. The Bertz CT molecular complexity index is 2190. The van der Waals surface area contributed by atoms with Crippen molar-refractivity contribution in [3.8, 4) is 0 Å². The summed E-state index contributed by atoms with van der Waals surface area (Å²) in [5.41, 5.74) is 33.9. The minimum atomic E-state index is -4.67. The van der Waals surface area contributed by atoms with Crippen LogP contribution in [0.25, 0.3) is 0 Å². The van der Waals surface area contributed by atoms with Gasteiger partial charge in [0.15, 0.2) is 31.3 Å². The molecule has 26 atom stereocenters. The number of rotatable bonds is 11. The van der Waals surface area contributed by atoms with E-state index in [0.29, 0.717) is 19.3 Å². The van der Waals surface area contributed by atoms with Crippen molar-refractivity contribution in [3.05, 3.63) is 23.8 Å². The van der Waals surface area contributed by atoms with Crippen molar-refractivity contribution in [2.24, 2.45) is 63.0 Å². The number of nitrogens with two attached hydrogens (primary N) is 6. The molecular weight excluding hydrogens is 1020 g/mol. The van der Waals surface area contributed by atoms with Crippen molar-refractivity contribution in [1.29, 1.82) is 0 Å². The molecule has 3 aliphatic heterocycles. The Kier molecular flexibility index (Phi) is 19.7. The van der Waals surface area contributed by atoms with Gasteiger partial charge in [-0.1, -0.05) is 25.5 Å². The molecule has 1 unspecified atom stereocenters. The maximum atomic E-state index is 12.9. The van der Waals surface area contributed by atoms with Crippen molar-refractivity contribution in [1.82, 2.24) is 0 Å². The lowest BCUT2D eigenvalue weighted by molar-refractivity contribution is -0.307. The lowest BCUT2D eigenvalue weighted by Crippen LogP contribution is -2.68. The highest BCUT2D eigenvalue weighted by atomic mass is 32.3. The SMILES string of the molecule is CC(=O)OCC(=O)[C@@]1(O)CC[C@H]2[C@@H]3CCC4=CC(=O)C=C[C@]4(C)[C@H]3[C@@H](O)C[C@@]21C.NC[C@H]1O[C@H](O[C@H]2[C@H](O[C@@H]3O[C@H](CO)[C@@H](OC4O[C@H](N)[C@@H](O)[C@H](O)[C@H]4N)[C@H]3O)[C@@H](O)[C@H](N)C[C@@H]2N)[C@H](N)[C@@H](O)[C@@H]1O.O=S(=O)(O)O. The van der Waals surface area contributed by atoms with Gasteiger partial charge in [-0.25, -0.2) is 0 Å². The average molecular weight is 1100 g/mol. The van der Waals surface area contributed by atoms with Crippen LogP contribution in [-0.4, -0.2) is 229 Å². The Labute approximate surface area is 431 Å². The lowest BCUT2D eigenvalue weighted by Gasteiger charge is -2.59. The maximum absolute atomic E-state index is 12.9. The van der Waals surface area contributed by atoms with E-state index in [4.69, 9.17) is 85.1 Å². The number of aliphatic hydroxyl groups is 9. The zero-order valence-corrected chi connectivity index (χ0v) is 42.4.